The van der Waals surface area contributed by atoms with Gasteiger partial charge in [-0.2, -0.15) is 0 Å². The molecule has 2 heterocycles. The van der Waals surface area contributed by atoms with Crippen molar-refractivity contribution in [3.8, 4) is 5.75 Å². The molecule has 2 rings (SSSR count). The monoisotopic (exact) mass is 322 g/mol. The minimum absolute atomic E-state index is 0.260. The Hall–Kier alpha value is -2.15. The van der Waals surface area contributed by atoms with Gasteiger partial charge in [-0.05, 0) is 33.4 Å². The van der Waals surface area contributed by atoms with Crippen molar-refractivity contribution in [2.24, 2.45) is 0 Å². The van der Waals surface area contributed by atoms with Crippen LogP contribution in [0.1, 0.15) is 37.6 Å². The first-order valence-electron chi connectivity index (χ1n) is 7.42. The second-order valence-electron chi connectivity index (χ2n) is 6.43. The topological polar surface area (TPSA) is 86.8 Å². The Morgan fingerprint density at radius 2 is 2.04 bits per heavy atom. The molecule has 23 heavy (non-hydrogen) atoms. The number of hydrogen-bond donors (Lipinski definition) is 1. The van der Waals surface area contributed by atoms with E-state index in [1.165, 1.54) is 25.6 Å². The quantitative estimate of drug-likeness (QED) is 0.837. The fourth-order valence-corrected chi connectivity index (χ4v) is 2.27. The van der Waals surface area contributed by atoms with E-state index in [2.05, 4.69) is 15.0 Å². The van der Waals surface area contributed by atoms with Crippen molar-refractivity contribution in [1.29, 1.82) is 0 Å². The van der Waals surface area contributed by atoms with Crippen LogP contribution in [0.4, 0.5) is 0 Å². The Morgan fingerprint density at radius 3 is 2.61 bits per heavy atom. The maximum atomic E-state index is 12.6. The van der Waals surface area contributed by atoms with Crippen LogP contribution in [0.25, 0.3) is 0 Å². The summed E-state index contributed by atoms with van der Waals surface area (Å²) in [6, 6.07) is 1.50. The van der Waals surface area contributed by atoms with E-state index in [1.807, 2.05) is 0 Å². The number of carbonyl (C=O) groups is 2. The van der Waals surface area contributed by atoms with Crippen LogP contribution in [0.5, 0.6) is 5.75 Å². The molecule has 1 atom stereocenters. The van der Waals surface area contributed by atoms with Crippen molar-refractivity contribution in [3.05, 3.63) is 24.0 Å². The first kappa shape index (κ1) is 17.2. The molecular weight excluding hydrogens is 300 g/mol. The predicted octanol–water partition coefficient (Wildman–Crippen LogP) is 1.32. The summed E-state index contributed by atoms with van der Waals surface area (Å²) in [6.07, 6.45) is 3.31. The smallest absolute Gasteiger partial charge is 0.352 e. The van der Waals surface area contributed by atoms with Crippen LogP contribution in [0.15, 0.2) is 18.5 Å². The lowest BCUT2D eigenvalue weighted by Crippen LogP contribution is -2.49. The van der Waals surface area contributed by atoms with Gasteiger partial charge in [0.05, 0.1) is 18.9 Å². The standard InChI is InChI=1S/C16H22N2O5/c1-15(2,3)23-14(20)16(5-6-17-10-16)22-12-7-11(8-18-9-12)13(19)21-4/h7-9,17H,5-6,10H2,1-4H3/t16-/m0/s1. The molecule has 1 N–H and O–H groups in total. The van der Waals surface area contributed by atoms with Gasteiger partial charge in [0.1, 0.15) is 11.4 Å². The fourth-order valence-electron chi connectivity index (χ4n) is 2.27. The van der Waals surface area contributed by atoms with Gasteiger partial charge in [0.2, 0.25) is 5.60 Å². The normalized spacial score (nSPS) is 20.9. The van der Waals surface area contributed by atoms with Gasteiger partial charge in [0, 0.05) is 19.2 Å². The van der Waals surface area contributed by atoms with Crippen molar-refractivity contribution >= 4 is 11.9 Å². The molecule has 7 nitrogen and oxygen atoms in total. The zero-order chi connectivity index (χ0) is 17.1. The third-order valence-electron chi connectivity index (χ3n) is 3.33. The summed E-state index contributed by atoms with van der Waals surface area (Å²) in [6.45, 7) is 6.40. The number of ether oxygens (including phenoxy) is 3. The minimum Gasteiger partial charge on any atom is -0.472 e. The fraction of sp³-hybridized carbons (Fsp3) is 0.562. The zero-order valence-electron chi connectivity index (χ0n) is 13.8. The summed E-state index contributed by atoms with van der Waals surface area (Å²) in [7, 11) is 1.29. The maximum Gasteiger partial charge on any atom is 0.352 e. The van der Waals surface area contributed by atoms with Crippen LogP contribution in [0, 0.1) is 0 Å². The molecule has 0 saturated carbocycles. The number of hydrogen-bond acceptors (Lipinski definition) is 7. The summed E-state index contributed by atoms with van der Waals surface area (Å²) in [5, 5.41) is 3.11. The predicted molar refractivity (Wildman–Crippen MR) is 82.3 cm³/mol. The zero-order valence-corrected chi connectivity index (χ0v) is 13.8. The van der Waals surface area contributed by atoms with Crippen LogP contribution in [0.3, 0.4) is 0 Å². The Kier molecular flexibility index (Phi) is 4.89. The highest BCUT2D eigenvalue weighted by Crippen LogP contribution is 2.27. The number of nitrogens with zero attached hydrogens (tertiary/aromatic N) is 1. The summed E-state index contributed by atoms with van der Waals surface area (Å²) < 4.78 is 16.0. The van der Waals surface area contributed by atoms with E-state index in [-0.39, 0.29) is 5.56 Å². The molecule has 0 spiro atoms. The number of nitrogens with one attached hydrogen (secondary N) is 1. The number of aromatic nitrogens is 1. The van der Waals surface area contributed by atoms with E-state index >= 15 is 0 Å². The summed E-state index contributed by atoms with van der Waals surface area (Å²) in [5.74, 6) is -0.625. The third kappa shape index (κ3) is 4.19. The van der Waals surface area contributed by atoms with E-state index in [4.69, 9.17) is 9.47 Å². The highest BCUT2D eigenvalue weighted by Gasteiger charge is 2.47. The first-order chi connectivity index (χ1) is 10.8. The van der Waals surface area contributed by atoms with E-state index in [0.29, 0.717) is 25.3 Å². The minimum atomic E-state index is -1.12. The molecule has 7 heteroatoms. The van der Waals surface area contributed by atoms with Gasteiger partial charge >= 0.3 is 11.9 Å². The van der Waals surface area contributed by atoms with E-state index in [1.54, 1.807) is 20.8 Å². The van der Waals surface area contributed by atoms with Gasteiger partial charge in [-0.15, -0.1) is 0 Å². The van der Waals surface area contributed by atoms with Crippen molar-refractivity contribution in [1.82, 2.24) is 10.3 Å². The lowest BCUT2D eigenvalue weighted by Gasteiger charge is -2.31. The molecule has 0 aromatic carbocycles. The average molecular weight is 322 g/mol. The molecule has 0 radical (unpaired) electrons. The van der Waals surface area contributed by atoms with Gasteiger partial charge in [0.25, 0.3) is 0 Å². The van der Waals surface area contributed by atoms with E-state index < -0.39 is 23.1 Å². The van der Waals surface area contributed by atoms with Gasteiger partial charge in [-0.3, -0.25) is 4.98 Å². The summed E-state index contributed by atoms with van der Waals surface area (Å²) >= 11 is 0. The molecule has 1 aromatic rings. The Morgan fingerprint density at radius 1 is 1.30 bits per heavy atom. The molecule has 1 aromatic heterocycles. The van der Waals surface area contributed by atoms with Gasteiger partial charge in [0.15, 0.2) is 0 Å². The van der Waals surface area contributed by atoms with Crippen LogP contribution in [-0.4, -0.2) is 48.3 Å². The second-order valence-corrected chi connectivity index (χ2v) is 6.43. The number of methoxy groups -OCH3 is 1. The highest BCUT2D eigenvalue weighted by atomic mass is 16.6. The Labute approximate surface area is 135 Å². The highest BCUT2D eigenvalue weighted by molar-refractivity contribution is 5.89. The molecular formula is C16H22N2O5. The van der Waals surface area contributed by atoms with Crippen molar-refractivity contribution in [2.45, 2.75) is 38.4 Å². The van der Waals surface area contributed by atoms with Gasteiger partial charge < -0.3 is 19.5 Å². The molecule has 0 unspecified atom stereocenters. The number of pyridine rings is 1. The molecule has 1 saturated heterocycles. The van der Waals surface area contributed by atoms with E-state index in [0.717, 1.165) is 0 Å². The number of rotatable bonds is 4. The Bertz CT molecular complexity index is 588. The Balaban J connectivity index is 2.23. The maximum absolute atomic E-state index is 12.6. The molecule has 0 bridgehead atoms. The van der Waals surface area contributed by atoms with Crippen molar-refractivity contribution in [3.63, 3.8) is 0 Å². The summed E-state index contributed by atoms with van der Waals surface area (Å²) in [5.41, 5.74) is -1.47. The SMILES string of the molecule is COC(=O)c1cncc(O[C@@]2(C(=O)OC(C)(C)C)CCNC2)c1. The molecule has 1 aliphatic heterocycles. The van der Waals surface area contributed by atoms with Crippen LogP contribution >= 0.6 is 0 Å². The van der Waals surface area contributed by atoms with Crippen molar-refractivity contribution in [2.75, 3.05) is 20.2 Å². The summed E-state index contributed by atoms with van der Waals surface area (Å²) in [4.78, 5) is 28.1. The van der Waals surface area contributed by atoms with Crippen molar-refractivity contribution < 1.29 is 23.8 Å². The lowest BCUT2D eigenvalue weighted by atomic mass is 10.0. The third-order valence-corrected chi connectivity index (χ3v) is 3.33. The lowest BCUT2D eigenvalue weighted by molar-refractivity contribution is -0.172. The molecule has 126 valence electrons. The number of esters is 2. The van der Waals surface area contributed by atoms with E-state index in [9.17, 15) is 9.59 Å². The average Bonchev–Trinajstić information content (AvgIpc) is 2.95. The van der Waals surface area contributed by atoms with Crippen LogP contribution in [0.2, 0.25) is 0 Å². The molecule has 1 aliphatic rings. The van der Waals surface area contributed by atoms with Gasteiger partial charge in [-0.1, -0.05) is 0 Å². The second kappa shape index (κ2) is 6.54. The molecule has 1 fully saturated rings. The van der Waals surface area contributed by atoms with Crippen LogP contribution in [-0.2, 0) is 14.3 Å². The largest absolute Gasteiger partial charge is 0.472 e. The molecule has 0 amide bonds. The number of carbonyl (C=O) groups excluding carboxylic acids is 2. The van der Waals surface area contributed by atoms with Gasteiger partial charge in [-0.25, -0.2) is 9.59 Å². The first-order valence-corrected chi connectivity index (χ1v) is 7.42. The van der Waals surface area contributed by atoms with Crippen LogP contribution < -0.4 is 10.1 Å². The molecule has 0 aliphatic carbocycles.